The normalized spacial score (nSPS) is 12.0. The van der Waals surface area contributed by atoms with E-state index in [2.05, 4.69) is 50.4 Å². The van der Waals surface area contributed by atoms with Crippen molar-refractivity contribution in [2.24, 2.45) is 0 Å². The number of rotatable bonds is 9. The fourth-order valence-corrected chi connectivity index (χ4v) is 2.87. The second-order valence-electron chi connectivity index (χ2n) is 7.01. The summed E-state index contributed by atoms with van der Waals surface area (Å²) in [4.78, 5) is 12.2. The summed E-state index contributed by atoms with van der Waals surface area (Å²) in [6, 6.07) is 16.6. The molecule has 26 heavy (non-hydrogen) atoms. The average molecular weight is 354 g/mol. The molecule has 0 aromatic heterocycles. The first-order valence-corrected chi connectivity index (χ1v) is 9.62. The lowest BCUT2D eigenvalue weighted by Gasteiger charge is -2.17. The summed E-state index contributed by atoms with van der Waals surface area (Å²) in [6.45, 7) is 8.94. The quantitative estimate of drug-likeness (QED) is 0.652. The Hall–Kier alpha value is -2.29. The molecule has 140 valence electrons. The molecule has 0 aliphatic carbocycles. The Morgan fingerprint density at radius 1 is 1.04 bits per heavy atom. The Bertz CT molecular complexity index is 692. The van der Waals surface area contributed by atoms with E-state index >= 15 is 0 Å². The highest BCUT2D eigenvalue weighted by Gasteiger charge is 2.15. The highest BCUT2D eigenvalue weighted by Crippen LogP contribution is 2.19. The van der Waals surface area contributed by atoms with Crippen LogP contribution >= 0.6 is 0 Å². The maximum Gasteiger partial charge on any atom is 0.260 e. The number of nitrogens with one attached hydrogen (secondary N) is 1. The van der Waals surface area contributed by atoms with E-state index in [1.54, 1.807) is 6.92 Å². The van der Waals surface area contributed by atoms with Crippen LogP contribution in [0, 0.1) is 0 Å². The van der Waals surface area contributed by atoms with E-state index in [1.165, 1.54) is 11.1 Å². The second kappa shape index (κ2) is 10.0. The van der Waals surface area contributed by atoms with Crippen LogP contribution in [0.2, 0.25) is 0 Å². The van der Waals surface area contributed by atoms with Gasteiger partial charge in [-0.1, -0.05) is 63.2 Å². The van der Waals surface area contributed by atoms with Crippen molar-refractivity contribution in [2.45, 2.75) is 59.0 Å². The summed E-state index contributed by atoms with van der Waals surface area (Å²) in [5.74, 6) is 1.29. The van der Waals surface area contributed by atoms with Gasteiger partial charge in [0.05, 0.1) is 0 Å². The molecule has 2 rings (SSSR count). The summed E-state index contributed by atoms with van der Waals surface area (Å²) in [5, 5.41) is 2.98. The number of hydrogen-bond donors (Lipinski definition) is 1. The molecule has 0 unspecified atom stereocenters. The van der Waals surface area contributed by atoms with Gasteiger partial charge in [0, 0.05) is 6.54 Å². The number of aryl methyl sites for hydroxylation is 2. The van der Waals surface area contributed by atoms with E-state index in [4.69, 9.17) is 4.74 Å². The molecule has 3 nitrogen and oxygen atoms in total. The molecule has 0 aliphatic rings. The van der Waals surface area contributed by atoms with Gasteiger partial charge in [-0.3, -0.25) is 4.79 Å². The topological polar surface area (TPSA) is 38.3 Å². The van der Waals surface area contributed by atoms with E-state index in [1.807, 2.05) is 24.3 Å². The largest absolute Gasteiger partial charge is 0.481 e. The number of carbonyl (C=O) groups excluding carboxylic acids is 1. The van der Waals surface area contributed by atoms with Crippen molar-refractivity contribution in [1.82, 2.24) is 5.32 Å². The summed E-state index contributed by atoms with van der Waals surface area (Å²) in [7, 11) is 0. The SMILES string of the molecule is CCc1ccccc1O[C@H](C)C(=O)NCCCc1ccc(C(C)C)cc1. The Morgan fingerprint density at radius 2 is 1.73 bits per heavy atom. The van der Waals surface area contributed by atoms with Crippen LogP contribution < -0.4 is 10.1 Å². The lowest BCUT2D eigenvalue weighted by Crippen LogP contribution is -2.37. The molecular formula is C23H31NO2. The van der Waals surface area contributed by atoms with Gasteiger partial charge < -0.3 is 10.1 Å². The van der Waals surface area contributed by atoms with Gasteiger partial charge in [-0.25, -0.2) is 0 Å². The number of ether oxygens (including phenoxy) is 1. The monoisotopic (exact) mass is 353 g/mol. The lowest BCUT2D eigenvalue weighted by molar-refractivity contribution is -0.127. The van der Waals surface area contributed by atoms with Crippen molar-refractivity contribution >= 4 is 5.91 Å². The molecule has 2 aromatic rings. The summed E-state index contributed by atoms with van der Waals surface area (Å²) < 4.78 is 5.84. The summed E-state index contributed by atoms with van der Waals surface area (Å²) >= 11 is 0. The van der Waals surface area contributed by atoms with Gasteiger partial charge >= 0.3 is 0 Å². The zero-order chi connectivity index (χ0) is 18.9. The fourth-order valence-electron chi connectivity index (χ4n) is 2.87. The number of benzene rings is 2. The van der Waals surface area contributed by atoms with E-state index in [0.717, 1.165) is 30.6 Å². The molecule has 0 heterocycles. The minimum atomic E-state index is -0.493. The number of para-hydroxylation sites is 1. The van der Waals surface area contributed by atoms with E-state index < -0.39 is 6.10 Å². The summed E-state index contributed by atoms with van der Waals surface area (Å²) in [6.07, 6.45) is 2.28. The van der Waals surface area contributed by atoms with Gasteiger partial charge in [0.1, 0.15) is 5.75 Å². The molecule has 0 radical (unpaired) electrons. The Labute approximate surface area is 157 Å². The standard InChI is InChI=1S/C23H31NO2/c1-5-20-10-6-7-11-22(20)26-18(4)23(25)24-16-8-9-19-12-14-21(15-13-19)17(2)3/h6-7,10-15,17-18H,5,8-9,16H2,1-4H3,(H,24,25)/t18-/m1/s1. The summed E-state index contributed by atoms with van der Waals surface area (Å²) in [5.41, 5.74) is 3.79. The molecule has 0 bridgehead atoms. The van der Waals surface area contributed by atoms with Gasteiger partial charge in [0.2, 0.25) is 0 Å². The molecule has 0 saturated heterocycles. The molecule has 1 atom stereocenters. The van der Waals surface area contributed by atoms with Crippen LogP contribution in [0.25, 0.3) is 0 Å². The first-order valence-electron chi connectivity index (χ1n) is 9.62. The van der Waals surface area contributed by atoms with Crippen LogP contribution in [0.5, 0.6) is 5.75 Å². The zero-order valence-corrected chi connectivity index (χ0v) is 16.4. The van der Waals surface area contributed by atoms with Crippen molar-refractivity contribution in [3.63, 3.8) is 0 Å². The predicted octanol–water partition coefficient (Wildman–Crippen LogP) is 4.89. The minimum absolute atomic E-state index is 0.0638. The number of amides is 1. The molecule has 0 spiro atoms. The van der Waals surface area contributed by atoms with Crippen molar-refractivity contribution < 1.29 is 9.53 Å². The van der Waals surface area contributed by atoms with E-state index in [9.17, 15) is 4.79 Å². The number of carbonyl (C=O) groups is 1. The van der Waals surface area contributed by atoms with Crippen LogP contribution in [0.15, 0.2) is 48.5 Å². The van der Waals surface area contributed by atoms with Crippen LogP contribution in [0.1, 0.15) is 56.7 Å². The van der Waals surface area contributed by atoms with Crippen molar-refractivity contribution in [3.05, 3.63) is 65.2 Å². The van der Waals surface area contributed by atoms with Gasteiger partial charge in [-0.05, 0) is 54.9 Å². The molecule has 3 heteroatoms. The first kappa shape index (κ1) is 20.0. The van der Waals surface area contributed by atoms with E-state index in [-0.39, 0.29) is 5.91 Å². The number of hydrogen-bond acceptors (Lipinski definition) is 2. The molecule has 0 fully saturated rings. The van der Waals surface area contributed by atoms with Gasteiger partial charge in [-0.2, -0.15) is 0 Å². The van der Waals surface area contributed by atoms with E-state index in [0.29, 0.717) is 12.5 Å². The van der Waals surface area contributed by atoms with Gasteiger partial charge in [0.25, 0.3) is 5.91 Å². The molecular weight excluding hydrogens is 322 g/mol. The van der Waals surface area contributed by atoms with Crippen molar-refractivity contribution in [2.75, 3.05) is 6.54 Å². The van der Waals surface area contributed by atoms with Gasteiger partial charge in [0.15, 0.2) is 6.10 Å². The highest BCUT2D eigenvalue weighted by molar-refractivity contribution is 5.80. The molecule has 1 amide bonds. The first-order chi connectivity index (χ1) is 12.5. The Morgan fingerprint density at radius 3 is 2.38 bits per heavy atom. The molecule has 0 aliphatic heterocycles. The lowest BCUT2D eigenvalue weighted by atomic mass is 10.0. The van der Waals surface area contributed by atoms with Crippen molar-refractivity contribution in [1.29, 1.82) is 0 Å². The van der Waals surface area contributed by atoms with Crippen LogP contribution in [0.3, 0.4) is 0 Å². The highest BCUT2D eigenvalue weighted by atomic mass is 16.5. The minimum Gasteiger partial charge on any atom is -0.481 e. The predicted molar refractivity (Wildman–Crippen MR) is 108 cm³/mol. The Kier molecular flexibility index (Phi) is 7.71. The molecule has 1 N–H and O–H groups in total. The van der Waals surface area contributed by atoms with Gasteiger partial charge in [-0.15, -0.1) is 0 Å². The molecule has 2 aromatic carbocycles. The van der Waals surface area contributed by atoms with Crippen LogP contribution in [0.4, 0.5) is 0 Å². The molecule has 0 saturated carbocycles. The fraction of sp³-hybridized carbons (Fsp3) is 0.435. The van der Waals surface area contributed by atoms with Crippen LogP contribution in [-0.4, -0.2) is 18.6 Å². The third-order valence-corrected chi connectivity index (χ3v) is 4.61. The van der Waals surface area contributed by atoms with Crippen LogP contribution in [-0.2, 0) is 17.6 Å². The van der Waals surface area contributed by atoms with Crippen molar-refractivity contribution in [3.8, 4) is 5.75 Å². The average Bonchev–Trinajstić information content (AvgIpc) is 2.65. The third kappa shape index (κ3) is 5.91. The second-order valence-corrected chi connectivity index (χ2v) is 7.01. The third-order valence-electron chi connectivity index (χ3n) is 4.61. The zero-order valence-electron chi connectivity index (χ0n) is 16.4. The maximum atomic E-state index is 12.2. The maximum absolute atomic E-state index is 12.2. The smallest absolute Gasteiger partial charge is 0.260 e. The Balaban J connectivity index is 1.74.